The van der Waals surface area contributed by atoms with Crippen molar-refractivity contribution in [3.05, 3.63) is 112 Å². The molecule has 3 N–H and O–H groups in total. The topological polar surface area (TPSA) is 115 Å². The molecule has 0 radical (unpaired) electrons. The van der Waals surface area contributed by atoms with Crippen molar-refractivity contribution >= 4 is 70.1 Å². The van der Waals surface area contributed by atoms with Crippen LogP contribution in [0.5, 0.6) is 17.2 Å². The van der Waals surface area contributed by atoms with Gasteiger partial charge in [0.1, 0.15) is 5.70 Å². The molecule has 238 valence electrons. The van der Waals surface area contributed by atoms with Crippen molar-refractivity contribution in [1.29, 1.82) is 0 Å². The second-order valence-corrected chi connectivity index (χ2v) is 11.9. The molecule has 0 bridgehead atoms. The van der Waals surface area contributed by atoms with Crippen LogP contribution in [0.15, 0.2) is 95.5 Å². The third kappa shape index (κ3) is 8.97. The highest BCUT2D eigenvalue weighted by atomic mass is 35.5. The van der Waals surface area contributed by atoms with Gasteiger partial charge in [0, 0.05) is 21.8 Å². The zero-order valence-corrected chi connectivity index (χ0v) is 27.7. The van der Waals surface area contributed by atoms with E-state index >= 15 is 0 Å². The predicted molar refractivity (Wildman–Crippen MR) is 183 cm³/mol. The van der Waals surface area contributed by atoms with E-state index in [0.29, 0.717) is 49.8 Å². The van der Waals surface area contributed by atoms with Crippen molar-refractivity contribution in [3.63, 3.8) is 0 Å². The first-order valence-electron chi connectivity index (χ1n) is 13.8. The summed E-state index contributed by atoms with van der Waals surface area (Å²) < 4.78 is 16.3. The van der Waals surface area contributed by atoms with Crippen LogP contribution < -0.4 is 30.2 Å². The fourth-order valence-electron chi connectivity index (χ4n) is 4.18. The van der Waals surface area contributed by atoms with Crippen molar-refractivity contribution < 1.29 is 28.6 Å². The van der Waals surface area contributed by atoms with E-state index < -0.39 is 17.1 Å². The molecule has 1 atom stereocenters. The minimum absolute atomic E-state index is 0.0193. The molecule has 9 nitrogen and oxygen atoms in total. The van der Waals surface area contributed by atoms with E-state index in [1.165, 1.54) is 39.2 Å². The van der Waals surface area contributed by atoms with Gasteiger partial charge in [0.05, 0.1) is 36.6 Å². The number of halogens is 2. The molecular formula is C34H31Cl2N3O6S. The van der Waals surface area contributed by atoms with E-state index in [4.69, 9.17) is 37.4 Å². The Labute approximate surface area is 281 Å². The van der Waals surface area contributed by atoms with Crippen molar-refractivity contribution in [2.24, 2.45) is 0 Å². The second-order valence-electron chi connectivity index (χ2n) is 9.69. The van der Waals surface area contributed by atoms with Crippen LogP contribution in [0.25, 0.3) is 6.08 Å². The van der Waals surface area contributed by atoms with Crippen LogP contribution in [-0.2, 0) is 9.59 Å². The quantitative estimate of drug-likeness (QED) is 0.105. The number of amides is 3. The van der Waals surface area contributed by atoms with Gasteiger partial charge in [0.25, 0.3) is 11.8 Å². The number of methoxy groups -OCH3 is 3. The van der Waals surface area contributed by atoms with Gasteiger partial charge < -0.3 is 30.2 Å². The van der Waals surface area contributed by atoms with Crippen molar-refractivity contribution in [1.82, 2.24) is 5.32 Å². The maximum absolute atomic E-state index is 13.5. The number of thioether (sulfide) groups is 1. The molecule has 4 rings (SSSR count). The summed E-state index contributed by atoms with van der Waals surface area (Å²) in [6, 6.07) is 23.7. The summed E-state index contributed by atoms with van der Waals surface area (Å²) >= 11 is 13.3. The first-order chi connectivity index (χ1) is 22.1. The first-order valence-corrected chi connectivity index (χ1v) is 15.5. The van der Waals surface area contributed by atoms with Crippen molar-refractivity contribution in [2.45, 2.75) is 17.1 Å². The number of rotatable bonds is 12. The Hall–Kier alpha value is -4.64. The number of carbonyl (C=O) groups is 3. The highest BCUT2D eigenvalue weighted by Gasteiger charge is 2.19. The molecule has 0 aliphatic rings. The monoisotopic (exact) mass is 679 g/mol. The van der Waals surface area contributed by atoms with Gasteiger partial charge in [-0.05, 0) is 85.3 Å². The Bertz CT molecular complexity index is 1730. The lowest BCUT2D eigenvalue weighted by Gasteiger charge is -2.15. The van der Waals surface area contributed by atoms with E-state index in [9.17, 15) is 14.4 Å². The van der Waals surface area contributed by atoms with Gasteiger partial charge in [-0.2, -0.15) is 0 Å². The number of benzene rings is 4. The summed E-state index contributed by atoms with van der Waals surface area (Å²) in [6.07, 6.45) is 1.51. The maximum atomic E-state index is 13.5. The van der Waals surface area contributed by atoms with Gasteiger partial charge in [0.2, 0.25) is 11.7 Å². The summed E-state index contributed by atoms with van der Waals surface area (Å²) in [5.41, 5.74) is 1.90. The lowest BCUT2D eigenvalue weighted by molar-refractivity contribution is -0.115. The van der Waals surface area contributed by atoms with Crippen LogP contribution in [0.4, 0.5) is 11.4 Å². The molecule has 0 heterocycles. The standard InChI is InChI=1S/C34H31Cl2N3O6S/c1-20(32(40)38-24-12-15-26(35)27(36)19-24)46-25-13-10-23(11-14-25)37-34(42)28(39-33(41)22-8-6-5-7-9-22)16-21-17-29(43-2)31(45-4)30(18-21)44-3/h5-20H,1-4H3,(H,37,42)(H,38,40)(H,39,41)/b28-16-. The average Bonchev–Trinajstić information content (AvgIpc) is 3.06. The van der Waals surface area contributed by atoms with Crippen LogP contribution in [0.1, 0.15) is 22.8 Å². The highest BCUT2D eigenvalue weighted by molar-refractivity contribution is 8.00. The summed E-state index contributed by atoms with van der Waals surface area (Å²) in [5, 5.41) is 8.67. The molecule has 0 fully saturated rings. The van der Waals surface area contributed by atoms with Gasteiger partial charge in [-0.1, -0.05) is 41.4 Å². The van der Waals surface area contributed by atoms with E-state index in [2.05, 4.69) is 16.0 Å². The summed E-state index contributed by atoms with van der Waals surface area (Å²) in [5.74, 6) is -0.0790. The largest absolute Gasteiger partial charge is 0.493 e. The van der Waals surface area contributed by atoms with E-state index in [0.717, 1.165) is 4.90 Å². The Morgan fingerprint density at radius 3 is 1.98 bits per heavy atom. The zero-order chi connectivity index (χ0) is 33.2. The van der Waals surface area contributed by atoms with Crippen LogP contribution in [0, 0.1) is 0 Å². The van der Waals surface area contributed by atoms with Crippen LogP contribution >= 0.6 is 35.0 Å². The molecule has 0 aromatic heterocycles. The van der Waals surface area contributed by atoms with Gasteiger partial charge >= 0.3 is 0 Å². The Morgan fingerprint density at radius 2 is 1.39 bits per heavy atom. The molecule has 0 spiro atoms. The molecule has 4 aromatic carbocycles. The predicted octanol–water partition coefficient (Wildman–Crippen LogP) is 7.55. The molecule has 0 saturated heterocycles. The van der Waals surface area contributed by atoms with Gasteiger partial charge in [0.15, 0.2) is 11.5 Å². The third-order valence-electron chi connectivity index (χ3n) is 6.51. The molecule has 0 aliphatic carbocycles. The number of ether oxygens (including phenoxy) is 3. The molecule has 46 heavy (non-hydrogen) atoms. The maximum Gasteiger partial charge on any atom is 0.272 e. The van der Waals surface area contributed by atoms with Gasteiger partial charge in [-0.25, -0.2) is 0 Å². The zero-order valence-electron chi connectivity index (χ0n) is 25.4. The van der Waals surface area contributed by atoms with Crippen molar-refractivity contribution in [3.8, 4) is 17.2 Å². The number of nitrogens with one attached hydrogen (secondary N) is 3. The molecule has 4 aromatic rings. The molecule has 0 saturated carbocycles. The van der Waals surface area contributed by atoms with E-state index in [1.54, 1.807) is 91.9 Å². The first kappa shape index (κ1) is 34.2. The van der Waals surface area contributed by atoms with E-state index in [-0.39, 0.29) is 11.6 Å². The number of hydrogen-bond donors (Lipinski definition) is 3. The van der Waals surface area contributed by atoms with E-state index in [1.807, 2.05) is 0 Å². The van der Waals surface area contributed by atoms with Crippen molar-refractivity contribution in [2.75, 3.05) is 32.0 Å². The summed E-state index contributed by atoms with van der Waals surface area (Å²) in [7, 11) is 4.46. The molecule has 12 heteroatoms. The molecule has 1 unspecified atom stereocenters. The Balaban J connectivity index is 1.51. The minimum atomic E-state index is -0.562. The smallest absolute Gasteiger partial charge is 0.272 e. The fourth-order valence-corrected chi connectivity index (χ4v) is 5.35. The third-order valence-corrected chi connectivity index (χ3v) is 8.36. The number of hydrogen-bond acceptors (Lipinski definition) is 7. The second kappa shape index (κ2) is 16.1. The normalized spacial score (nSPS) is 11.7. The highest BCUT2D eigenvalue weighted by Crippen LogP contribution is 2.38. The number of carbonyl (C=O) groups excluding carboxylic acids is 3. The fraction of sp³-hybridized carbons (Fsp3) is 0.147. The van der Waals surface area contributed by atoms with Crippen LogP contribution in [-0.4, -0.2) is 44.3 Å². The SMILES string of the molecule is COc1cc(/C=C(\NC(=O)c2ccccc2)C(=O)Nc2ccc(SC(C)C(=O)Nc3ccc(Cl)c(Cl)c3)cc2)cc(OC)c1OC. The summed E-state index contributed by atoms with van der Waals surface area (Å²) in [6.45, 7) is 1.78. The molecule has 3 amide bonds. The Kier molecular flexibility index (Phi) is 12.0. The van der Waals surface area contributed by atoms with Gasteiger partial charge in [-0.3, -0.25) is 14.4 Å². The van der Waals surface area contributed by atoms with Gasteiger partial charge in [-0.15, -0.1) is 11.8 Å². The molecule has 0 aliphatic heterocycles. The lowest BCUT2D eigenvalue weighted by Crippen LogP contribution is -2.30. The average molecular weight is 681 g/mol. The Morgan fingerprint density at radius 1 is 0.761 bits per heavy atom. The summed E-state index contributed by atoms with van der Waals surface area (Å²) in [4.78, 5) is 40.1. The lowest BCUT2D eigenvalue weighted by atomic mass is 10.1. The van der Waals surface area contributed by atoms with Crippen LogP contribution in [0.2, 0.25) is 10.0 Å². The molecular weight excluding hydrogens is 649 g/mol. The van der Waals surface area contributed by atoms with Crippen LogP contribution in [0.3, 0.4) is 0 Å². The minimum Gasteiger partial charge on any atom is -0.493 e. The number of anilines is 2.